The molecule has 1 heterocycles. The summed E-state index contributed by atoms with van der Waals surface area (Å²) in [7, 11) is 0. The van der Waals surface area contributed by atoms with Gasteiger partial charge >= 0.3 is 0 Å². The van der Waals surface area contributed by atoms with E-state index >= 15 is 0 Å². The van der Waals surface area contributed by atoms with Crippen molar-refractivity contribution in [3.63, 3.8) is 0 Å². The van der Waals surface area contributed by atoms with Crippen molar-refractivity contribution < 1.29 is 9.72 Å². The number of aryl methyl sites for hydroxylation is 1. The molecule has 2 aromatic carbocycles. The Hall–Kier alpha value is -3.70. The number of non-ortho nitro benzene ring substituents is 1. The highest BCUT2D eigenvalue weighted by Crippen LogP contribution is 2.26. The molecule has 3 aromatic rings. The number of anilines is 1. The third-order valence-corrected chi connectivity index (χ3v) is 4.11. The van der Waals surface area contributed by atoms with Crippen LogP contribution in [-0.4, -0.2) is 20.6 Å². The summed E-state index contributed by atoms with van der Waals surface area (Å²) in [5.74, 6) is -0.473. The number of carbonyl (C=O) groups is 1. The van der Waals surface area contributed by atoms with E-state index in [-0.39, 0.29) is 17.7 Å². The van der Waals surface area contributed by atoms with Crippen molar-refractivity contribution in [3.05, 3.63) is 75.4 Å². The largest absolute Gasteiger partial charge is 0.322 e. The van der Waals surface area contributed by atoms with E-state index in [1.807, 2.05) is 6.07 Å². The maximum atomic E-state index is 12.8. The molecule has 0 atom stereocenters. The molecule has 1 aromatic heterocycles. The fraction of sp³-hybridized carbons (Fsp3) is 0.105. The summed E-state index contributed by atoms with van der Waals surface area (Å²) in [6.45, 7) is 0.328. The molecular formula is C19H14ClN5O3. The fourth-order valence-electron chi connectivity index (χ4n) is 2.61. The molecule has 1 N–H and O–H groups in total. The van der Waals surface area contributed by atoms with Crippen LogP contribution in [0.25, 0.3) is 11.3 Å². The quantitative estimate of drug-likeness (QED) is 0.494. The number of nitrogens with zero attached hydrogens (tertiary/aromatic N) is 4. The molecule has 1 amide bonds. The van der Waals surface area contributed by atoms with Gasteiger partial charge in [-0.1, -0.05) is 29.8 Å². The van der Waals surface area contributed by atoms with E-state index in [0.717, 1.165) is 0 Å². The van der Waals surface area contributed by atoms with Crippen LogP contribution in [0.2, 0.25) is 5.02 Å². The van der Waals surface area contributed by atoms with Crippen molar-refractivity contribution in [1.29, 1.82) is 5.26 Å². The Labute approximate surface area is 165 Å². The van der Waals surface area contributed by atoms with E-state index < -0.39 is 10.8 Å². The van der Waals surface area contributed by atoms with Crippen LogP contribution in [0.4, 0.5) is 11.4 Å². The van der Waals surface area contributed by atoms with Gasteiger partial charge in [0.2, 0.25) is 0 Å². The first-order valence-electron chi connectivity index (χ1n) is 8.24. The van der Waals surface area contributed by atoms with Gasteiger partial charge in [0, 0.05) is 34.6 Å². The first-order chi connectivity index (χ1) is 13.5. The van der Waals surface area contributed by atoms with Crippen molar-refractivity contribution >= 4 is 28.9 Å². The average Bonchev–Trinajstić information content (AvgIpc) is 3.11. The lowest BCUT2D eigenvalue weighted by atomic mass is 10.1. The Kier molecular flexibility index (Phi) is 5.67. The van der Waals surface area contributed by atoms with E-state index in [4.69, 9.17) is 16.9 Å². The molecule has 3 rings (SSSR count). The first kappa shape index (κ1) is 19.1. The van der Waals surface area contributed by atoms with Crippen LogP contribution < -0.4 is 5.32 Å². The van der Waals surface area contributed by atoms with Crippen LogP contribution in [0.5, 0.6) is 0 Å². The number of hydrogen-bond donors (Lipinski definition) is 1. The van der Waals surface area contributed by atoms with Crippen molar-refractivity contribution in [3.8, 4) is 17.3 Å². The van der Waals surface area contributed by atoms with Crippen molar-refractivity contribution in [2.75, 3.05) is 5.32 Å². The molecule has 0 spiro atoms. The Morgan fingerprint density at radius 3 is 2.79 bits per heavy atom. The lowest BCUT2D eigenvalue weighted by molar-refractivity contribution is -0.384. The smallest absolute Gasteiger partial charge is 0.271 e. The number of benzene rings is 2. The third-order valence-electron chi connectivity index (χ3n) is 3.87. The van der Waals surface area contributed by atoms with Gasteiger partial charge in [0.25, 0.3) is 11.6 Å². The highest BCUT2D eigenvalue weighted by Gasteiger charge is 2.19. The van der Waals surface area contributed by atoms with Gasteiger partial charge in [-0.3, -0.25) is 19.6 Å². The number of nitrogens with one attached hydrogen (secondary N) is 1. The van der Waals surface area contributed by atoms with Crippen LogP contribution in [0, 0.1) is 21.4 Å². The van der Waals surface area contributed by atoms with E-state index in [9.17, 15) is 14.9 Å². The first-order valence-corrected chi connectivity index (χ1v) is 8.62. The maximum Gasteiger partial charge on any atom is 0.271 e. The van der Waals surface area contributed by atoms with Gasteiger partial charge < -0.3 is 5.32 Å². The maximum absolute atomic E-state index is 12.8. The Morgan fingerprint density at radius 2 is 2.07 bits per heavy atom. The number of hydrogen-bond acceptors (Lipinski definition) is 5. The number of halogens is 1. The number of nitriles is 1. The number of rotatable bonds is 6. The number of amides is 1. The molecule has 8 nitrogen and oxygen atoms in total. The van der Waals surface area contributed by atoms with Gasteiger partial charge in [0.05, 0.1) is 29.5 Å². The molecule has 0 radical (unpaired) electrons. The molecule has 0 saturated carbocycles. The zero-order valence-corrected chi connectivity index (χ0v) is 15.3. The standard InChI is InChI=1S/C19H14ClN5O3/c20-14-5-1-4-13(10-14)18-17(12-24(23-18)9-3-8-21)19(26)22-15-6-2-7-16(11-15)25(27)28/h1-2,4-7,10-12H,3,9H2,(H,22,26). The highest BCUT2D eigenvalue weighted by molar-refractivity contribution is 6.30. The van der Waals surface area contributed by atoms with Gasteiger partial charge in [0.15, 0.2) is 0 Å². The van der Waals surface area contributed by atoms with E-state index in [2.05, 4.69) is 10.4 Å². The lowest BCUT2D eigenvalue weighted by Crippen LogP contribution is -2.12. The summed E-state index contributed by atoms with van der Waals surface area (Å²) in [4.78, 5) is 23.2. The molecule has 140 valence electrons. The zero-order valence-electron chi connectivity index (χ0n) is 14.5. The molecule has 0 aliphatic rings. The summed E-state index contributed by atoms with van der Waals surface area (Å²) in [5.41, 5.74) is 1.49. The number of nitro groups is 1. The predicted octanol–water partition coefficient (Wildman–Crippen LogP) is 4.28. The van der Waals surface area contributed by atoms with Crippen LogP contribution >= 0.6 is 11.6 Å². The molecule has 0 bridgehead atoms. The zero-order chi connectivity index (χ0) is 20.1. The second-order valence-electron chi connectivity index (χ2n) is 5.83. The second-order valence-corrected chi connectivity index (χ2v) is 6.27. The van der Waals surface area contributed by atoms with Crippen LogP contribution in [0.3, 0.4) is 0 Å². The Bertz CT molecular complexity index is 1090. The Morgan fingerprint density at radius 1 is 1.29 bits per heavy atom. The van der Waals surface area contributed by atoms with Gasteiger partial charge in [-0.25, -0.2) is 0 Å². The number of carbonyl (C=O) groups excluding carboxylic acids is 1. The Balaban J connectivity index is 1.96. The van der Waals surface area contributed by atoms with Crippen LogP contribution in [0.1, 0.15) is 16.8 Å². The topological polar surface area (TPSA) is 114 Å². The monoisotopic (exact) mass is 395 g/mol. The average molecular weight is 396 g/mol. The fourth-order valence-corrected chi connectivity index (χ4v) is 2.80. The van der Waals surface area contributed by atoms with Crippen molar-refractivity contribution in [1.82, 2.24) is 9.78 Å². The molecule has 9 heteroatoms. The summed E-state index contributed by atoms with van der Waals surface area (Å²) in [6, 6.07) is 14.6. The van der Waals surface area contributed by atoms with Gasteiger partial charge in [-0.05, 0) is 18.2 Å². The van der Waals surface area contributed by atoms with E-state index in [0.29, 0.717) is 28.5 Å². The van der Waals surface area contributed by atoms with E-state index in [1.165, 1.54) is 22.9 Å². The molecule has 0 aliphatic carbocycles. The minimum absolute atomic E-state index is 0.127. The number of nitro benzene ring substituents is 1. The number of aromatic nitrogens is 2. The predicted molar refractivity (Wildman–Crippen MR) is 104 cm³/mol. The van der Waals surface area contributed by atoms with Crippen molar-refractivity contribution in [2.45, 2.75) is 13.0 Å². The minimum atomic E-state index is -0.535. The van der Waals surface area contributed by atoms with Crippen LogP contribution in [0.15, 0.2) is 54.7 Å². The molecule has 0 unspecified atom stereocenters. The summed E-state index contributed by atoms with van der Waals surface area (Å²) >= 11 is 6.05. The van der Waals surface area contributed by atoms with Gasteiger partial charge in [-0.15, -0.1) is 0 Å². The molecule has 0 saturated heterocycles. The second kappa shape index (κ2) is 8.33. The molecule has 0 fully saturated rings. The van der Waals surface area contributed by atoms with E-state index in [1.54, 1.807) is 36.5 Å². The molecule has 0 aliphatic heterocycles. The van der Waals surface area contributed by atoms with Gasteiger partial charge in [-0.2, -0.15) is 10.4 Å². The molecular weight excluding hydrogens is 382 g/mol. The van der Waals surface area contributed by atoms with Crippen molar-refractivity contribution in [2.24, 2.45) is 0 Å². The normalized spacial score (nSPS) is 10.3. The van der Waals surface area contributed by atoms with Crippen LogP contribution in [-0.2, 0) is 6.54 Å². The lowest BCUT2D eigenvalue weighted by Gasteiger charge is -2.06. The minimum Gasteiger partial charge on any atom is -0.322 e. The third kappa shape index (κ3) is 4.34. The summed E-state index contributed by atoms with van der Waals surface area (Å²) in [5, 5.41) is 27.3. The summed E-state index contributed by atoms with van der Waals surface area (Å²) in [6.07, 6.45) is 1.78. The van der Waals surface area contributed by atoms with Gasteiger partial charge in [0.1, 0.15) is 5.69 Å². The highest BCUT2D eigenvalue weighted by atomic mass is 35.5. The SMILES string of the molecule is N#CCCn1cc(C(=O)Nc2cccc([N+](=O)[O-])c2)c(-c2cccc(Cl)c2)n1. The molecule has 28 heavy (non-hydrogen) atoms. The summed E-state index contributed by atoms with van der Waals surface area (Å²) < 4.78 is 1.52.